The highest BCUT2D eigenvalue weighted by Crippen LogP contribution is 2.49. The summed E-state index contributed by atoms with van der Waals surface area (Å²) in [5.74, 6) is 2.17. The zero-order chi connectivity index (χ0) is 20.5. The monoisotopic (exact) mass is 387 g/mol. The van der Waals surface area contributed by atoms with Gasteiger partial charge in [0.1, 0.15) is 5.76 Å². The molecule has 5 heteroatoms. The summed E-state index contributed by atoms with van der Waals surface area (Å²) in [7, 11) is 5.47. The molecule has 0 bridgehead atoms. The van der Waals surface area contributed by atoms with Crippen LogP contribution in [0.25, 0.3) is 0 Å². The van der Waals surface area contributed by atoms with E-state index in [-0.39, 0.29) is 17.4 Å². The van der Waals surface area contributed by atoms with Crippen LogP contribution in [0, 0.1) is 5.41 Å². The van der Waals surface area contributed by atoms with Gasteiger partial charge in [0.25, 0.3) is 0 Å². The van der Waals surface area contributed by atoms with Crippen molar-refractivity contribution in [1.29, 1.82) is 0 Å². The highest BCUT2D eigenvalue weighted by molar-refractivity contribution is 5.76. The predicted molar refractivity (Wildman–Crippen MR) is 110 cm³/mol. The van der Waals surface area contributed by atoms with Gasteiger partial charge in [-0.25, -0.2) is 0 Å². The number of esters is 1. The van der Waals surface area contributed by atoms with Crippen LogP contribution in [0.5, 0.6) is 11.5 Å². The van der Waals surface area contributed by atoms with E-state index in [0.717, 1.165) is 49.5 Å². The summed E-state index contributed by atoms with van der Waals surface area (Å²) in [6, 6.07) is 6.45. The Kier molecular flexibility index (Phi) is 5.76. The summed E-state index contributed by atoms with van der Waals surface area (Å²) >= 11 is 0. The van der Waals surface area contributed by atoms with E-state index in [1.165, 1.54) is 5.56 Å². The number of hydrogen-bond donors (Lipinski definition) is 0. The Hall–Kier alpha value is -2.01. The molecule has 154 valence electrons. The molecule has 0 unspecified atom stereocenters. The van der Waals surface area contributed by atoms with Crippen LogP contribution in [0.3, 0.4) is 0 Å². The number of fused-ring (bicyclic) bond motifs is 1. The molecule has 2 atom stereocenters. The normalized spacial score (nSPS) is 25.1. The van der Waals surface area contributed by atoms with Crippen molar-refractivity contribution in [2.75, 3.05) is 27.8 Å². The van der Waals surface area contributed by atoms with Crippen molar-refractivity contribution in [2.45, 2.75) is 57.9 Å². The molecule has 1 aromatic carbocycles. The second-order valence-corrected chi connectivity index (χ2v) is 8.66. The number of rotatable bonds is 6. The lowest BCUT2D eigenvalue weighted by Crippen LogP contribution is -2.42. The predicted octanol–water partition coefficient (Wildman–Crippen LogP) is 4.30. The van der Waals surface area contributed by atoms with Crippen molar-refractivity contribution < 1.29 is 19.0 Å². The third-order valence-electron chi connectivity index (χ3n) is 6.73. The Bertz CT molecular complexity index is 770. The largest absolute Gasteiger partial charge is 0.493 e. The van der Waals surface area contributed by atoms with E-state index in [4.69, 9.17) is 14.2 Å². The van der Waals surface area contributed by atoms with E-state index in [1.54, 1.807) is 14.2 Å². The molecule has 0 N–H and O–H groups in total. The zero-order valence-corrected chi connectivity index (χ0v) is 18.0. The van der Waals surface area contributed by atoms with Gasteiger partial charge in [-0.1, -0.05) is 13.0 Å². The van der Waals surface area contributed by atoms with E-state index >= 15 is 0 Å². The minimum absolute atomic E-state index is 0.00445. The highest BCUT2D eigenvalue weighted by Gasteiger charge is 2.49. The van der Waals surface area contributed by atoms with Crippen LogP contribution in [-0.4, -0.2) is 44.7 Å². The number of methoxy groups -OCH3 is 2. The number of carbonyl (C=O) groups excluding carboxylic acids is 1. The van der Waals surface area contributed by atoms with E-state index in [2.05, 4.69) is 30.2 Å². The summed E-state index contributed by atoms with van der Waals surface area (Å²) in [6.45, 7) is 6.91. The van der Waals surface area contributed by atoms with E-state index < -0.39 is 5.41 Å². The van der Waals surface area contributed by atoms with Crippen LogP contribution in [0.1, 0.15) is 52.0 Å². The van der Waals surface area contributed by atoms with Gasteiger partial charge in [-0.2, -0.15) is 0 Å². The maximum atomic E-state index is 12.5. The Morgan fingerprint density at radius 2 is 1.93 bits per heavy atom. The van der Waals surface area contributed by atoms with E-state index in [1.807, 2.05) is 26.8 Å². The minimum atomic E-state index is -0.458. The van der Waals surface area contributed by atoms with Gasteiger partial charge in [0.05, 0.1) is 19.6 Å². The molecule has 2 aliphatic rings. The van der Waals surface area contributed by atoms with Crippen molar-refractivity contribution in [3.05, 3.63) is 35.6 Å². The van der Waals surface area contributed by atoms with Crippen LogP contribution in [0.2, 0.25) is 0 Å². The smallest absolute Gasteiger partial charge is 0.316 e. The van der Waals surface area contributed by atoms with Crippen LogP contribution >= 0.6 is 0 Å². The lowest BCUT2D eigenvalue weighted by atomic mass is 9.68. The summed E-state index contributed by atoms with van der Waals surface area (Å²) in [5, 5.41) is 0. The first kappa shape index (κ1) is 20.7. The Morgan fingerprint density at radius 1 is 1.21 bits per heavy atom. The summed E-state index contributed by atoms with van der Waals surface area (Å²) in [5.41, 5.74) is 0.806. The fraction of sp³-hybridized carbons (Fsp3) is 0.609. The molecule has 0 radical (unpaired) electrons. The number of benzene rings is 1. The molecule has 1 aliphatic carbocycles. The van der Waals surface area contributed by atoms with Gasteiger partial charge < -0.3 is 14.2 Å². The van der Waals surface area contributed by atoms with Gasteiger partial charge in [-0.15, -0.1) is 0 Å². The second-order valence-electron chi connectivity index (χ2n) is 8.66. The topological polar surface area (TPSA) is 48.0 Å². The molecule has 0 spiro atoms. The highest BCUT2D eigenvalue weighted by atomic mass is 16.5. The lowest BCUT2D eigenvalue weighted by Gasteiger charge is -2.40. The van der Waals surface area contributed by atoms with E-state index in [9.17, 15) is 4.79 Å². The Balaban J connectivity index is 1.91. The van der Waals surface area contributed by atoms with Crippen LogP contribution in [0.4, 0.5) is 0 Å². The first-order valence-electron chi connectivity index (χ1n) is 10.1. The lowest BCUT2D eigenvalue weighted by molar-refractivity contribution is -0.150. The molecule has 5 nitrogen and oxygen atoms in total. The molecule has 0 saturated carbocycles. The molecule has 1 aliphatic heterocycles. The number of hydrogen-bond acceptors (Lipinski definition) is 5. The third kappa shape index (κ3) is 3.52. The molecule has 1 aromatic rings. The van der Waals surface area contributed by atoms with Gasteiger partial charge >= 0.3 is 5.97 Å². The molecular weight excluding hydrogens is 354 g/mol. The zero-order valence-electron chi connectivity index (χ0n) is 18.0. The molecule has 0 aromatic heterocycles. The average molecular weight is 388 g/mol. The molecule has 28 heavy (non-hydrogen) atoms. The number of ether oxygens (including phenoxy) is 3. The summed E-state index contributed by atoms with van der Waals surface area (Å²) in [6.07, 6.45) is 5.71. The molecule has 0 amide bonds. The SMILES string of the molecule is CCC(C)(C)C(=O)OC1=C[C@@H]2N(C)CC[C@]2(c2ccc(OC)c(OC)c2)CC1. The second kappa shape index (κ2) is 7.78. The molecular formula is C23H33NO4. The van der Waals surface area contributed by atoms with Crippen molar-refractivity contribution in [3.8, 4) is 11.5 Å². The van der Waals surface area contributed by atoms with Gasteiger partial charge in [-0.3, -0.25) is 9.69 Å². The maximum absolute atomic E-state index is 12.5. The first-order chi connectivity index (χ1) is 13.3. The maximum Gasteiger partial charge on any atom is 0.316 e. The minimum Gasteiger partial charge on any atom is -0.493 e. The molecule has 1 heterocycles. The fourth-order valence-corrected chi connectivity index (χ4v) is 4.34. The Labute approximate surface area is 168 Å². The van der Waals surface area contributed by atoms with Gasteiger partial charge in [0.2, 0.25) is 0 Å². The van der Waals surface area contributed by atoms with Crippen LogP contribution in [0.15, 0.2) is 30.0 Å². The quantitative estimate of drug-likeness (QED) is 0.681. The van der Waals surface area contributed by atoms with Gasteiger partial charge in [-0.05, 0) is 70.5 Å². The van der Waals surface area contributed by atoms with Gasteiger partial charge in [0.15, 0.2) is 11.5 Å². The first-order valence-corrected chi connectivity index (χ1v) is 10.1. The van der Waals surface area contributed by atoms with Crippen molar-refractivity contribution in [3.63, 3.8) is 0 Å². The number of nitrogens with zero attached hydrogens (tertiary/aromatic N) is 1. The average Bonchev–Trinajstić information content (AvgIpc) is 3.04. The van der Waals surface area contributed by atoms with Crippen molar-refractivity contribution in [1.82, 2.24) is 4.90 Å². The van der Waals surface area contributed by atoms with Crippen LogP contribution < -0.4 is 9.47 Å². The number of likely N-dealkylation sites (N-methyl/N-ethyl adjacent to an activating group) is 1. The standard InChI is InChI=1S/C23H33NO4/c1-7-22(2,3)21(25)28-17-10-11-23(12-13-24(4)20(23)15-17)16-8-9-18(26-5)19(14-16)27-6/h8-9,14-15,20H,7,10-13H2,1-6H3/t20-,23-/m0/s1. The van der Waals surface area contributed by atoms with Crippen molar-refractivity contribution in [2.24, 2.45) is 5.41 Å². The van der Waals surface area contributed by atoms with Gasteiger partial charge in [0, 0.05) is 17.9 Å². The Morgan fingerprint density at radius 3 is 2.57 bits per heavy atom. The fourth-order valence-electron chi connectivity index (χ4n) is 4.34. The molecule has 1 fully saturated rings. The van der Waals surface area contributed by atoms with Crippen LogP contribution in [-0.2, 0) is 14.9 Å². The summed E-state index contributed by atoms with van der Waals surface area (Å²) < 4.78 is 16.8. The van der Waals surface area contributed by atoms with E-state index in [0.29, 0.717) is 0 Å². The summed E-state index contributed by atoms with van der Waals surface area (Å²) in [4.78, 5) is 14.9. The molecule has 1 saturated heterocycles. The number of likely N-dealkylation sites (tertiary alicyclic amines) is 1. The van der Waals surface area contributed by atoms with Crippen molar-refractivity contribution >= 4 is 5.97 Å². The number of carbonyl (C=O) groups is 1. The third-order valence-corrected chi connectivity index (χ3v) is 6.73. The molecule has 3 rings (SSSR count). The number of allylic oxidation sites excluding steroid dienone is 1.